The Hall–Kier alpha value is -1.77. The van der Waals surface area contributed by atoms with Crippen molar-refractivity contribution in [1.29, 1.82) is 0 Å². The van der Waals surface area contributed by atoms with Gasteiger partial charge in [-0.2, -0.15) is 0 Å². The van der Waals surface area contributed by atoms with Gasteiger partial charge in [-0.25, -0.2) is 4.79 Å². The zero-order chi connectivity index (χ0) is 13.0. The van der Waals surface area contributed by atoms with E-state index in [-0.39, 0.29) is 6.04 Å². The van der Waals surface area contributed by atoms with E-state index in [2.05, 4.69) is 6.58 Å². The fraction of sp³-hybridized carbons (Fsp3) is 0.357. The van der Waals surface area contributed by atoms with Crippen LogP contribution in [0.5, 0.6) is 0 Å². The average Bonchev–Trinajstić information content (AvgIpc) is 2.26. The lowest BCUT2D eigenvalue weighted by atomic mass is 10.1. The van der Waals surface area contributed by atoms with Crippen LogP contribution in [0.1, 0.15) is 29.8 Å². The molecule has 1 rings (SSSR count). The molecule has 0 radical (unpaired) electrons. The summed E-state index contributed by atoms with van der Waals surface area (Å²) in [6.45, 7) is 10.3. The maximum atomic E-state index is 11.3. The third-order valence-corrected chi connectivity index (χ3v) is 2.64. The maximum absolute atomic E-state index is 11.3. The molecule has 0 saturated carbocycles. The summed E-state index contributed by atoms with van der Waals surface area (Å²) >= 11 is 0. The van der Waals surface area contributed by atoms with Crippen molar-refractivity contribution in [2.24, 2.45) is 0 Å². The second-order valence-corrected chi connectivity index (χ2v) is 4.36. The van der Waals surface area contributed by atoms with Gasteiger partial charge in [0.1, 0.15) is 0 Å². The average molecular weight is 233 g/mol. The molecule has 0 aliphatic carbocycles. The van der Waals surface area contributed by atoms with Gasteiger partial charge in [0.25, 0.3) is 0 Å². The van der Waals surface area contributed by atoms with Crippen molar-refractivity contribution in [2.45, 2.75) is 26.8 Å². The van der Waals surface area contributed by atoms with Gasteiger partial charge in [-0.05, 0) is 32.9 Å². The Bertz CT molecular complexity index is 424. The van der Waals surface area contributed by atoms with Crippen molar-refractivity contribution in [3.63, 3.8) is 0 Å². The molecule has 0 unspecified atom stereocenters. The topological polar surface area (TPSA) is 40.5 Å². The Labute approximate surface area is 102 Å². The van der Waals surface area contributed by atoms with E-state index < -0.39 is 5.97 Å². The fourth-order valence-electron chi connectivity index (χ4n) is 1.80. The van der Waals surface area contributed by atoms with Crippen molar-refractivity contribution >= 4 is 11.7 Å². The molecule has 0 spiro atoms. The van der Waals surface area contributed by atoms with Crippen LogP contribution in [-0.4, -0.2) is 23.7 Å². The number of anilines is 1. The molecular formula is C14H19NO2. The molecular weight excluding hydrogens is 214 g/mol. The lowest BCUT2D eigenvalue weighted by Crippen LogP contribution is -2.32. The van der Waals surface area contributed by atoms with Crippen molar-refractivity contribution < 1.29 is 9.90 Å². The third kappa shape index (κ3) is 3.09. The molecule has 0 atom stereocenters. The van der Waals surface area contributed by atoms with Crippen LogP contribution in [0.15, 0.2) is 30.9 Å². The van der Waals surface area contributed by atoms with Crippen LogP contribution >= 0.6 is 0 Å². The molecule has 17 heavy (non-hydrogen) atoms. The summed E-state index contributed by atoms with van der Waals surface area (Å²) in [5.41, 5.74) is 2.05. The molecule has 0 bridgehead atoms. The minimum absolute atomic E-state index is 0.230. The van der Waals surface area contributed by atoms with E-state index in [0.717, 1.165) is 11.3 Å². The maximum Gasteiger partial charge on any atom is 0.337 e. The molecule has 0 fully saturated rings. The predicted molar refractivity (Wildman–Crippen MR) is 70.8 cm³/mol. The van der Waals surface area contributed by atoms with Gasteiger partial charge < -0.3 is 10.0 Å². The van der Waals surface area contributed by atoms with Gasteiger partial charge in [-0.3, -0.25) is 0 Å². The van der Waals surface area contributed by atoms with Crippen molar-refractivity contribution in [3.8, 4) is 0 Å². The highest BCUT2D eigenvalue weighted by atomic mass is 16.4. The molecule has 3 nitrogen and oxygen atoms in total. The number of aromatic carboxylic acids is 1. The first-order valence-electron chi connectivity index (χ1n) is 5.68. The number of nitrogens with zero attached hydrogens (tertiary/aromatic N) is 1. The largest absolute Gasteiger partial charge is 0.478 e. The summed E-state index contributed by atoms with van der Waals surface area (Å²) in [6, 6.07) is 5.73. The second-order valence-electron chi connectivity index (χ2n) is 4.36. The summed E-state index contributed by atoms with van der Waals surface area (Å²) in [5, 5.41) is 9.24. The molecule has 1 N–H and O–H groups in total. The summed E-state index contributed by atoms with van der Waals surface area (Å²) in [6.07, 6.45) is 1.78. The van der Waals surface area contributed by atoms with Gasteiger partial charge in [-0.15, -0.1) is 6.58 Å². The minimum Gasteiger partial charge on any atom is -0.478 e. The molecule has 0 aromatic heterocycles. The number of hydrogen-bond acceptors (Lipinski definition) is 2. The van der Waals surface area contributed by atoms with Crippen molar-refractivity contribution in [1.82, 2.24) is 0 Å². The van der Waals surface area contributed by atoms with E-state index in [9.17, 15) is 9.90 Å². The van der Waals surface area contributed by atoms with E-state index in [0.29, 0.717) is 12.1 Å². The molecule has 0 aliphatic rings. The summed E-state index contributed by atoms with van der Waals surface area (Å²) in [7, 11) is 0. The summed E-state index contributed by atoms with van der Waals surface area (Å²) in [4.78, 5) is 13.3. The Morgan fingerprint density at radius 1 is 1.53 bits per heavy atom. The zero-order valence-corrected chi connectivity index (χ0v) is 10.6. The Balaban J connectivity index is 3.26. The van der Waals surface area contributed by atoms with Gasteiger partial charge in [0.15, 0.2) is 0 Å². The van der Waals surface area contributed by atoms with Crippen LogP contribution < -0.4 is 4.90 Å². The first-order valence-corrected chi connectivity index (χ1v) is 5.68. The molecule has 1 aromatic rings. The predicted octanol–water partition coefficient (Wildman–Crippen LogP) is 3.09. The smallest absolute Gasteiger partial charge is 0.337 e. The third-order valence-electron chi connectivity index (χ3n) is 2.64. The Kier molecular flexibility index (Phi) is 4.32. The number of aryl methyl sites for hydroxylation is 1. The number of carboxylic acid groups (broad SMARTS) is 1. The lowest BCUT2D eigenvalue weighted by Gasteiger charge is -2.29. The Morgan fingerprint density at radius 2 is 2.18 bits per heavy atom. The summed E-state index contributed by atoms with van der Waals surface area (Å²) < 4.78 is 0. The standard InChI is InChI=1S/C14H19NO2/c1-5-8-15(10(2)3)13-7-6-11(4)9-12(13)14(16)17/h5-7,9-10H,1,8H2,2-4H3,(H,16,17). The van der Waals surface area contributed by atoms with Crippen LogP contribution in [0, 0.1) is 6.92 Å². The highest BCUT2D eigenvalue weighted by Crippen LogP contribution is 2.24. The van der Waals surface area contributed by atoms with Gasteiger partial charge in [-0.1, -0.05) is 17.7 Å². The molecule has 3 heteroatoms. The monoisotopic (exact) mass is 233 g/mol. The van der Waals surface area contributed by atoms with Crippen LogP contribution in [0.3, 0.4) is 0 Å². The molecule has 0 saturated heterocycles. The lowest BCUT2D eigenvalue weighted by molar-refractivity contribution is 0.0697. The summed E-state index contributed by atoms with van der Waals surface area (Å²) in [5.74, 6) is -0.890. The highest BCUT2D eigenvalue weighted by molar-refractivity contribution is 5.94. The minimum atomic E-state index is -0.890. The number of hydrogen-bond donors (Lipinski definition) is 1. The van der Waals surface area contributed by atoms with E-state index in [4.69, 9.17) is 0 Å². The normalized spacial score (nSPS) is 10.4. The first-order chi connectivity index (χ1) is 7.97. The quantitative estimate of drug-likeness (QED) is 0.794. The van der Waals surface area contributed by atoms with E-state index in [1.54, 1.807) is 12.1 Å². The van der Waals surface area contributed by atoms with Gasteiger partial charge in [0.05, 0.1) is 11.3 Å². The van der Waals surface area contributed by atoms with E-state index in [1.807, 2.05) is 37.8 Å². The van der Waals surface area contributed by atoms with Crippen LogP contribution in [0.2, 0.25) is 0 Å². The fourth-order valence-corrected chi connectivity index (χ4v) is 1.80. The molecule has 0 amide bonds. The van der Waals surface area contributed by atoms with Crippen LogP contribution in [-0.2, 0) is 0 Å². The molecule has 0 heterocycles. The van der Waals surface area contributed by atoms with Gasteiger partial charge in [0.2, 0.25) is 0 Å². The number of carboxylic acids is 1. The van der Waals surface area contributed by atoms with Crippen molar-refractivity contribution in [2.75, 3.05) is 11.4 Å². The van der Waals surface area contributed by atoms with Gasteiger partial charge >= 0.3 is 5.97 Å². The van der Waals surface area contributed by atoms with E-state index >= 15 is 0 Å². The SMILES string of the molecule is C=CCN(c1ccc(C)cc1C(=O)O)C(C)C. The van der Waals surface area contributed by atoms with Crippen LogP contribution in [0.25, 0.3) is 0 Å². The molecule has 92 valence electrons. The zero-order valence-electron chi connectivity index (χ0n) is 10.6. The van der Waals surface area contributed by atoms with Gasteiger partial charge in [0, 0.05) is 12.6 Å². The van der Waals surface area contributed by atoms with Crippen molar-refractivity contribution in [3.05, 3.63) is 42.0 Å². The first kappa shape index (κ1) is 13.3. The molecule has 0 aliphatic heterocycles. The van der Waals surface area contributed by atoms with E-state index in [1.165, 1.54) is 0 Å². The number of carbonyl (C=O) groups is 1. The number of benzene rings is 1. The van der Waals surface area contributed by atoms with Crippen LogP contribution in [0.4, 0.5) is 5.69 Å². The Morgan fingerprint density at radius 3 is 2.65 bits per heavy atom. The second kappa shape index (κ2) is 5.53. The number of rotatable bonds is 5. The highest BCUT2D eigenvalue weighted by Gasteiger charge is 2.17. The molecule has 1 aromatic carbocycles.